The second-order valence-electron chi connectivity index (χ2n) is 7.23. The smallest absolute Gasteiger partial charge is 0.218 e. The molecule has 0 saturated heterocycles. The van der Waals surface area contributed by atoms with Crippen molar-refractivity contribution >= 4 is 35.4 Å². The van der Waals surface area contributed by atoms with E-state index in [0.717, 1.165) is 37.1 Å². The molecule has 32 heavy (non-hydrogen) atoms. The molecule has 0 unspecified atom stereocenters. The third-order valence-corrected chi connectivity index (χ3v) is 5.38. The summed E-state index contributed by atoms with van der Waals surface area (Å²) < 4.78 is 13.2. The van der Waals surface area contributed by atoms with E-state index in [1.807, 2.05) is 35.2 Å². The highest BCUT2D eigenvalue weighted by Crippen LogP contribution is 2.23. The van der Waals surface area contributed by atoms with Gasteiger partial charge in [0.25, 0.3) is 0 Å². The van der Waals surface area contributed by atoms with Gasteiger partial charge < -0.3 is 9.15 Å². The number of halogens is 2. The van der Waals surface area contributed by atoms with Gasteiger partial charge in [0.05, 0.1) is 6.20 Å². The average Bonchev–Trinajstić information content (AvgIpc) is 3.48. The lowest BCUT2D eigenvalue weighted by Crippen LogP contribution is -1.99. The van der Waals surface area contributed by atoms with Gasteiger partial charge in [0.15, 0.2) is 0 Å². The second-order valence-corrected chi connectivity index (χ2v) is 8.08. The Morgan fingerprint density at radius 2 is 1.91 bits per heavy atom. The van der Waals surface area contributed by atoms with E-state index in [2.05, 4.69) is 27.4 Å². The molecule has 0 aliphatic rings. The van der Waals surface area contributed by atoms with Crippen molar-refractivity contribution < 1.29 is 9.15 Å². The molecule has 4 aromatic rings. The molecule has 2 aromatic heterocycles. The van der Waals surface area contributed by atoms with Gasteiger partial charge in [-0.1, -0.05) is 46.6 Å². The molecule has 0 spiro atoms. The van der Waals surface area contributed by atoms with Crippen LogP contribution in [-0.4, -0.2) is 20.0 Å². The van der Waals surface area contributed by atoms with Crippen LogP contribution >= 0.6 is 23.2 Å². The van der Waals surface area contributed by atoms with Gasteiger partial charge in [0.2, 0.25) is 5.89 Å². The van der Waals surface area contributed by atoms with Crippen LogP contribution in [0.15, 0.2) is 65.5 Å². The maximum absolute atomic E-state index is 6.17. The number of hydrogen-bond acceptors (Lipinski definition) is 5. The Balaban J connectivity index is 1.22. The average molecular weight is 469 g/mol. The number of nitrogens with zero attached hydrogens (tertiary/aromatic N) is 4. The topological polar surface area (TPSA) is 66.0 Å². The van der Waals surface area contributed by atoms with E-state index in [0.29, 0.717) is 28.2 Å². The predicted octanol–water partition coefficient (Wildman–Crippen LogP) is 6.35. The summed E-state index contributed by atoms with van der Waals surface area (Å²) in [6, 6.07) is 13.5. The van der Waals surface area contributed by atoms with Gasteiger partial charge in [-0.15, -0.1) is 5.10 Å². The summed E-state index contributed by atoms with van der Waals surface area (Å²) in [6.45, 7) is 1.22. The van der Waals surface area contributed by atoms with E-state index in [-0.39, 0.29) is 0 Å². The number of oxazole rings is 1. The Morgan fingerprint density at radius 1 is 1.03 bits per heavy atom. The lowest BCUT2D eigenvalue weighted by atomic mass is 10.1. The zero-order valence-corrected chi connectivity index (χ0v) is 18.8. The molecule has 2 heterocycles. The van der Waals surface area contributed by atoms with Crippen molar-refractivity contribution in [3.05, 3.63) is 93.9 Å². The van der Waals surface area contributed by atoms with Crippen LogP contribution in [0, 0.1) is 0 Å². The van der Waals surface area contributed by atoms with Crippen LogP contribution in [0.4, 0.5) is 0 Å². The van der Waals surface area contributed by atoms with E-state index < -0.39 is 0 Å². The molecular weight excluding hydrogens is 447 g/mol. The quantitative estimate of drug-likeness (QED) is 0.254. The van der Waals surface area contributed by atoms with E-state index in [1.165, 1.54) is 5.56 Å². The number of unbranched alkanes of at least 4 members (excludes halogenated alkanes) is 1. The third kappa shape index (κ3) is 6.45. The van der Waals surface area contributed by atoms with Crippen LogP contribution in [0.5, 0.6) is 5.75 Å². The van der Waals surface area contributed by atoms with Crippen LogP contribution < -0.4 is 4.74 Å². The van der Waals surface area contributed by atoms with Gasteiger partial charge in [-0.05, 0) is 60.7 Å². The molecule has 8 heteroatoms. The number of aromatic nitrogens is 4. The highest BCUT2D eigenvalue weighted by molar-refractivity contribution is 6.35. The first-order valence-electron chi connectivity index (χ1n) is 10.3. The maximum Gasteiger partial charge on any atom is 0.218 e. The minimum Gasteiger partial charge on any atom is -0.487 e. The molecule has 6 nitrogen and oxygen atoms in total. The van der Waals surface area contributed by atoms with Crippen LogP contribution in [0.25, 0.3) is 12.2 Å². The molecule has 0 aliphatic heterocycles. The fourth-order valence-corrected chi connectivity index (χ4v) is 3.60. The van der Waals surface area contributed by atoms with E-state index in [4.69, 9.17) is 32.4 Å². The van der Waals surface area contributed by atoms with Gasteiger partial charge in [0, 0.05) is 28.9 Å². The molecule has 164 valence electrons. The summed E-state index contributed by atoms with van der Waals surface area (Å²) >= 11 is 12.1. The largest absolute Gasteiger partial charge is 0.487 e. The lowest BCUT2D eigenvalue weighted by molar-refractivity contribution is 0.301. The monoisotopic (exact) mass is 468 g/mol. The number of ether oxygens (including phenoxy) is 1. The summed E-state index contributed by atoms with van der Waals surface area (Å²) in [6.07, 6.45) is 11.9. The van der Waals surface area contributed by atoms with E-state index in [9.17, 15) is 0 Å². The SMILES string of the molecule is Clc1ccc(/C=C/c2nc(COc3ccc(CCCCn4ccnn4)cc3)co2)c(Cl)c1. The van der Waals surface area contributed by atoms with Crippen LogP contribution in [0.1, 0.15) is 35.6 Å². The Kier molecular flexibility index (Phi) is 7.59. The van der Waals surface area contributed by atoms with Gasteiger partial charge in [-0.2, -0.15) is 0 Å². The summed E-state index contributed by atoms with van der Waals surface area (Å²) in [5, 5.41) is 8.96. The minimum absolute atomic E-state index is 0.330. The molecule has 2 aromatic carbocycles. The lowest BCUT2D eigenvalue weighted by Gasteiger charge is -2.06. The number of aryl methyl sites for hydroxylation is 2. The first-order chi connectivity index (χ1) is 15.7. The zero-order chi connectivity index (χ0) is 22.2. The molecule has 4 rings (SSSR count). The van der Waals surface area contributed by atoms with E-state index in [1.54, 1.807) is 30.7 Å². The molecule has 0 radical (unpaired) electrons. The fourth-order valence-electron chi connectivity index (χ4n) is 3.13. The van der Waals surface area contributed by atoms with Crippen molar-refractivity contribution in [1.82, 2.24) is 20.0 Å². The standard InChI is InChI=1S/C24H22Cl2N4O2/c25-20-8-6-19(23(26)15-20)7-11-24-28-21(17-32-24)16-31-22-9-4-18(5-10-22)3-1-2-13-30-14-12-27-29-30/h4-12,14-15,17H,1-3,13,16H2/b11-7+. The predicted molar refractivity (Wildman–Crippen MR) is 126 cm³/mol. The number of rotatable bonds is 10. The van der Waals surface area contributed by atoms with Crippen molar-refractivity contribution in [2.45, 2.75) is 32.4 Å². The van der Waals surface area contributed by atoms with E-state index >= 15 is 0 Å². The Hall–Kier alpha value is -3.09. The van der Waals surface area contributed by atoms with Crippen LogP contribution in [0.3, 0.4) is 0 Å². The Morgan fingerprint density at radius 3 is 2.69 bits per heavy atom. The fraction of sp³-hybridized carbons (Fsp3) is 0.208. The van der Waals surface area contributed by atoms with Gasteiger partial charge in [0.1, 0.15) is 24.3 Å². The van der Waals surface area contributed by atoms with Crippen molar-refractivity contribution in [3.8, 4) is 5.75 Å². The summed E-state index contributed by atoms with van der Waals surface area (Å²) in [5.74, 6) is 1.28. The number of hydrogen-bond donors (Lipinski definition) is 0. The first kappa shape index (κ1) is 22.1. The van der Waals surface area contributed by atoms with Crippen LogP contribution in [0.2, 0.25) is 10.0 Å². The van der Waals surface area contributed by atoms with Gasteiger partial charge in [-0.3, -0.25) is 4.68 Å². The molecule has 0 fully saturated rings. The molecule has 0 bridgehead atoms. The molecular formula is C24H22Cl2N4O2. The Bertz CT molecular complexity index is 1160. The molecule has 0 amide bonds. The number of benzene rings is 2. The maximum atomic E-state index is 6.17. The summed E-state index contributed by atoms with van der Waals surface area (Å²) in [5.41, 5.74) is 2.83. The second kappa shape index (κ2) is 11.0. The van der Waals surface area contributed by atoms with Crippen molar-refractivity contribution in [2.75, 3.05) is 0 Å². The molecule has 0 saturated carbocycles. The Labute approximate surface area is 196 Å². The molecule has 0 atom stereocenters. The van der Waals surface area contributed by atoms with Crippen LogP contribution in [-0.2, 0) is 19.6 Å². The van der Waals surface area contributed by atoms with Crippen molar-refractivity contribution in [1.29, 1.82) is 0 Å². The highest BCUT2D eigenvalue weighted by atomic mass is 35.5. The summed E-state index contributed by atoms with van der Waals surface area (Å²) in [7, 11) is 0. The van der Waals surface area contributed by atoms with Gasteiger partial charge >= 0.3 is 0 Å². The van der Waals surface area contributed by atoms with Gasteiger partial charge in [-0.25, -0.2) is 4.98 Å². The highest BCUT2D eigenvalue weighted by Gasteiger charge is 2.04. The normalized spacial score (nSPS) is 11.3. The molecule has 0 N–H and O–H groups in total. The van der Waals surface area contributed by atoms with Crippen molar-refractivity contribution in [2.24, 2.45) is 0 Å². The minimum atomic E-state index is 0.330. The third-order valence-electron chi connectivity index (χ3n) is 4.82. The zero-order valence-electron chi connectivity index (χ0n) is 17.3. The molecule has 0 aliphatic carbocycles. The van der Waals surface area contributed by atoms with Crippen molar-refractivity contribution in [3.63, 3.8) is 0 Å². The first-order valence-corrected chi connectivity index (χ1v) is 11.0. The summed E-state index contributed by atoms with van der Waals surface area (Å²) in [4.78, 5) is 4.42.